The minimum Gasteiger partial charge on any atom is -0.472 e. The largest absolute Gasteiger partial charge is 0.472 e. The van der Waals surface area contributed by atoms with Crippen LogP contribution in [0.1, 0.15) is 22.6 Å². The van der Waals surface area contributed by atoms with Gasteiger partial charge in [-0.1, -0.05) is 5.16 Å². The summed E-state index contributed by atoms with van der Waals surface area (Å²) in [7, 11) is 0. The molecule has 26 heavy (non-hydrogen) atoms. The Balaban J connectivity index is 1.52. The maximum Gasteiger partial charge on any atom is 0.276 e. The topological polar surface area (TPSA) is 92.6 Å². The van der Waals surface area contributed by atoms with Crippen molar-refractivity contribution < 1.29 is 8.94 Å². The molecule has 0 aliphatic carbocycles. The summed E-state index contributed by atoms with van der Waals surface area (Å²) in [5.41, 5.74) is 4.66. The second-order valence-electron chi connectivity index (χ2n) is 6.62. The quantitative estimate of drug-likeness (QED) is 0.608. The van der Waals surface area contributed by atoms with Crippen LogP contribution in [-0.2, 0) is 19.5 Å². The van der Waals surface area contributed by atoms with Gasteiger partial charge in [0, 0.05) is 42.9 Å². The Labute approximate surface area is 148 Å². The number of furan rings is 1. The van der Waals surface area contributed by atoms with E-state index in [1.807, 2.05) is 25.1 Å². The summed E-state index contributed by atoms with van der Waals surface area (Å²) in [6.07, 6.45) is 4.10. The first-order chi connectivity index (χ1) is 12.7. The standard InChI is InChI=1S/C18H17N5O3/c1-11-6-15(21-26-11)14-7-17-19-16-9-22(8-12-3-5-25-10-12)4-2-13(16)18(24)23(17)20-14/h3,5-7,10,20H,2,4,8-9H2,1H3. The van der Waals surface area contributed by atoms with Crippen LogP contribution in [0.3, 0.4) is 0 Å². The predicted octanol–water partition coefficient (Wildman–Crippen LogP) is 2.14. The number of aromatic nitrogens is 4. The lowest BCUT2D eigenvalue weighted by Crippen LogP contribution is -2.35. The molecular formula is C18H17N5O3. The average molecular weight is 351 g/mol. The molecule has 0 radical (unpaired) electrons. The van der Waals surface area contributed by atoms with Crippen LogP contribution in [0, 0.1) is 6.92 Å². The molecule has 4 aromatic heterocycles. The highest BCUT2D eigenvalue weighted by molar-refractivity contribution is 5.60. The number of H-pyrrole nitrogens is 1. The summed E-state index contributed by atoms with van der Waals surface area (Å²) in [4.78, 5) is 19.8. The molecule has 1 aliphatic rings. The number of aromatic amines is 1. The SMILES string of the molecule is Cc1cc(-c2cc3nc4c(c(=O)n3[nH]2)CCN(Cc2ccoc2)C4)no1. The molecule has 0 saturated carbocycles. The summed E-state index contributed by atoms with van der Waals surface area (Å²) >= 11 is 0. The molecule has 1 aliphatic heterocycles. The lowest BCUT2D eigenvalue weighted by Gasteiger charge is -2.26. The van der Waals surface area contributed by atoms with E-state index in [-0.39, 0.29) is 5.56 Å². The predicted molar refractivity (Wildman–Crippen MR) is 92.6 cm³/mol. The Hall–Kier alpha value is -3.13. The van der Waals surface area contributed by atoms with Crippen molar-refractivity contribution in [2.24, 2.45) is 0 Å². The molecule has 5 heterocycles. The van der Waals surface area contributed by atoms with Crippen LogP contribution in [0.25, 0.3) is 17.0 Å². The van der Waals surface area contributed by atoms with Gasteiger partial charge in [0.1, 0.15) is 11.5 Å². The molecule has 1 N–H and O–H groups in total. The maximum atomic E-state index is 12.9. The van der Waals surface area contributed by atoms with Crippen LogP contribution in [0.4, 0.5) is 0 Å². The van der Waals surface area contributed by atoms with Gasteiger partial charge < -0.3 is 8.94 Å². The molecule has 0 unspecified atom stereocenters. The fourth-order valence-electron chi connectivity index (χ4n) is 3.45. The molecule has 4 aromatic rings. The van der Waals surface area contributed by atoms with Crippen LogP contribution in [0.5, 0.6) is 0 Å². The number of hydrogen-bond donors (Lipinski definition) is 1. The van der Waals surface area contributed by atoms with E-state index in [1.54, 1.807) is 12.5 Å². The Morgan fingerprint density at radius 2 is 2.27 bits per heavy atom. The molecule has 0 saturated heterocycles. The Bertz CT molecular complexity index is 1140. The summed E-state index contributed by atoms with van der Waals surface area (Å²) in [5, 5.41) is 7.08. The third kappa shape index (κ3) is 2.46. The molecule has 0 spiro atoms. The van der Waals surface area contributed by atoms with Gasteiger partial charge in [-0.05, 0) is 19.4 Å². The van der Waals surface area contributed by atoms with Gasteiger partial charge in [-0.2, -0.15) is 0 Å². The Kier molecular flexibility index (Phi) is 3.32. The number of hydrogen-bond acceptors (Lipinski definition) is 6. The van der Waals surface area contributed by atoms with E-state index in [1.165, 1.54) is 4.52 Å². The van der Waals surface area contributed by atoms with E-state index in [4.69, 9.17) is 13.9 Å². The maximum absolute atomic E-state index is 12.9. The molecule has 0 aromatic carbocycles. The van der Waals surface area contributed by atoms with Crippen molar-refractivity contribution in [2.75, 3.05) is 6.54 Å². The first-order valence-electron chi connectivity index (χ1n) is 8.48. The number of nitrogens with zero attached hydrogens (tertiary/aromatic N) is 4. The lowest BCUT2D eigenvalue weighted by atomic mass is 10.1. The highest BCUT2D eigenvalue weighted by Gasteiger charge is 2.23. The number of aryl methyl sites for hydroxylation is 1. The van der Waals surface area contributed by atoms with Crippen LogP contribution in [0.15, 0.2) is 44.5 Å². The van der Waals surface area contributed by atoms with Crippen LogP contribution >= 0.6 is 0 Å². The average Bonchev–Trinajstić information content (AvgIpc) is 3.35. The van der Waals surface area contributed by atoms with E-state index in [0.717, 1.165) is 29.9 Å². The molecule has 0 fully saturated rings. The summed E-state index contributed by atoms with van der Waals surface area (Å²) in [6, 6.07) is 5.61. The van der Waals surface area contributed by atoms with Crippen LogP contribution < -0.4 is 5.56 Å². The van der Waals surface area contributed by atoms with E-state index < -0.39 is 0 Å². The zero-order chi connectivity index (χ0) is 17.7. The zero-order valence-electron chi connectivity index (χ0n) is 14.2. The van der Waals surface area contributed by atoms with E-state index >= 15 is 0 Å². The molecule has 5 rings (SSSR count). The van der Waals surface area contributed by atoms with Crippen molar-refractivity contribution in [1.29, 1.82) is 0 Å². The number of rotatable bonds is 3. The second-order valence-corrected chi connectivity index (χ2v) is 6.62. The van der Waals surface area contributed by atoms with Gasteiger partial charge in [0.25, 0.3) is 5.56 Å². The Morgan fingerprint density at radius 1 is 1.35 bits per heavy atom. The van der Waals surface area contributed by atoms with Crippen molar-refractivity contribution in [2.45, 2.75) is 26.4 Å². The van der Waals surface area contributed by atoms with Crippen molar-refractivity contribution in [3.8, 4) is 11.4 Å². The fraction of sp³-hybridized carbons (Fsp3) is 0.278. The van der Waals surface area contributed by atoms with Gasteiger partial charge in [0.05, 0.1) is 23.9 Å². The third-order valence-corrected chi connectivity index (χ3v) is 4.74. The third-order valence-electron chi connectivity index (χ3n) is 4.74. The van der Waals surface area contributed by atoms with E-state index in [0.29, 0.717) is 35.8 Å². The van der Waals surface area contributed by atoms with E-state index in [9.17, 15) is 4.79 Å². The molecule has 0 amide bonds. The van der Waals surface area contributed by atoms with Gasteiger partial charge in [0.2, 0.25) is 0 Å². The van der Waals surface area contributed by atoms with Crippen molar-refractivity contribution in [3.05, 3.63) is 63.7 Å². The summed E-state index contributed by atoms with van der Waals surface area (Å²) in [6.45, 7) is 4.08. The minimum absolute atomic E-state index is 0.0422. The van der Waals surface area contributed by atoms with Gasteiger partial charge in [-0.25, -0.2) is 9.50 Å². The fourth-order valence-corrected chi connectivity index (χ4v) is 3.45. The molecular weight excluding hydrogens is 334 g/mol. The van der Waals surface area contributed by atoms with Gasteiger partial charge >= 0.3 is 0 Å². The first-order valence-corrected chi connectivity index (χ1v) is 8.48. The Morgan fingerprint density at radius 3 is 3.04 bits per heavy atom. The van der Waals surface area contributed by atoms with Gasteiger partial charge in [-0.3, -0.25) is 14.8 Å². The van der Waals surface area contributed by atoms with Crippen LogP contribution in [-0.4, -0.2) is 31.2 Å². The van der Waals surface area contributed by atoms with Crippen molar-refractivity contribution in [3.63, 3.8) is 0 Å². The molecule has 132 valence electrons. The van der Waals surface area contributed by atoms with Gasteiger partial charge in [-0.15, -0.1) is 0 Å². The zero-order valence-corrected chi connectivity index (χ0v) is 14.2. The second kappa shape index (κ2) is 5.70. The molecule has 0 bridgehead atoms. The molecule has 8 nitrogen and oxygen atoms in total. The summed E-state index contributed by atoms with van der Waals surface area (Å²) in [5.74, 6) is 0.716. The highest BCUT2D eigenvalue weighted by Crippen LogP contribution is 2.21. The molecule has 0 atom stereocenters. The number of nitrogens with one attached hydrogen (secondary N) is 1. The number of fused-ring (bicyclic) bond motifs is 2. The first kappa shape index (κ1) is 15.2. The lowest BCUT2D eigenvalue weighted by molar-refractivity contribution is 0.240. The van der Waals surface area contributed by atoms with Crippen molar-refractivity contribution in [1.82, 2.24) is 24.7 Å². The van der Waals surface area contributed by atoms with Crippen LogP contribution in [0.2, 0.25) is 0 Å². The monoisotopic (exact) mass is 351 g/mol. The smallest absolute Gasteiger partial charge is 0.276 e. The highest BCUT2D eigenvalue weighted by atomic mass is 16.5. The normalized spacial score (nSPS) is 14.8. The summed E-state index contributed by atoms with van der Waals surface area (Å²) < 4.78 is 11.7. The molecule has 8 heteroatoms. The van der Waals surface area contributed by atoms with E-state index in [2.05, 4.69) is 15.2 Å². The van der Waals surface area contributed by atoms with Crippen molar-refractivity contribution >= 4 is 5.65 Å². The minimum atomic E-state index is -0.0422. The van der Waals surface area contributed by atoms with Gasteiger partial charge in [0.15, 0.2) is 5.65 Å².